The van der Waals surface area contributed by atoms with Crippen molar-refractivity contribution in [3.8, 4) is 0 Å². The molecule has 1 aliphatic heterocycles. The maximum Gasteiger partial charge on any atom is 0.220 e. The molecule has 2 atom stereocenters. The van der Waals surface area contributed by atoms with Gasteiger partial charge in [0.1, 0.15) is 11.9 Å². The molecule has 0 aliphatic carbocycles. The molecule has 0 saturated heterocycles. The van der Waals surface area contributed by atoms with Crippen LogP contribution in [0.2, 0.25) is 0 Å². The zero-order valence-corrected chi connectivity index (χ0v) is 14.6. The topological polar surface area (TPSA) is 38.3 Å². The molecule has 3 nitrogen and oxygen atoms in total. The summed E-state index contributed by atoms with van der Waals surface area (Å²) in [6.07, 6.45) is 13.0. The predicted octanol–water partition coefficient (Wildman–Crippen LogP) is 4.60. The van der Waals surface area contributed by atoms with Gasteiger partial charge in [-0.15, -0.1) is 0 Å². The second kappa shape index (κ2) is 9.88. The SMILES string of the molecule is C=CC1=C(C(=C)/C=C\C=C/CC)OC(C(C)NC(=O)CC)CC1. The van der Waals surface area contributed by atoms with E-state index in [4.69, 9.17) is 4.74 Å². The zero-order valence-electron chi connectivity index (χ0n) is 14.6. The molecular weight excluding hydrogens is 286 g/mol. The van der Waals surface area contributed by atoms with Crippen LogP contribution in [0.5, 0.6) is 0 Å². The molecule has 0 spiro atoms. The normalized spacial score (nSPS) is 19.7. The van der Waals surface area contributed by atoms with E-state index in [0.29, 0.717) is 6.42 Å². The van der Waals surface area contributed by atoms with Crippen LogP contribution in [0.1, 0.15) is 46.5 Å². The molecule has 126 valence electrons. The van der Waals surface area contributed by atoms with Gasteiger partial charge in [-0.1, -0.05) is 57.4 Å². The van der Waals surface area contributed by atoms with Gasteiger partial charge in [-0.2, -0.15) is 0 Å². The molecule has 1 rings (SSSR count). The maximum atomic E-state index is 11.6. The molecule has 0 aromatic carbocycles. The Kier molecular flexibility index (Phi) is 8.17. The lowest BCUT2D eigenvalue weighted by Crippen LogP contribution is -2.43. The van der Waals surface area contributed by atoms with E-state index in [1.54, 1.807) is 0 Å². The van der Waals surface area contributed by atoms with Crippen LogP contribution < -0.4 is 5.32 Å². The van der Waals surface area contributed by atoms with Crippen molar-refractivity contribution >= 4 is 5.91 Å². The number of hydrogen-bond acceptors (Lipinski definition) is 2. The molecular formula is C20H29NO2. The average Bonchev–Trinajstić information content (AvgIpc) is 2.57. The molecule has 2 unspecified atom stereocenters. The summed E-state index contributed by atoms with van der Waals surface area (Å²) in [5.41, 5.74) is 1.91. The van der Waals surface area contributed by atoms with Crippen LogP contribution in [0.3, 0.4) is 0 Å². The van der Waals surface area contributed by atoms with Crippen molar-refractivity contribution in [1.29, 1.82) is 0 Å². The summed E-state index contributed by atoms with van der Waals surface area (Å²) in [6.45, 7) is 13.9. The Labute approximate surface area is 140 Å². The van der Waals surface area contributed by atoms with Gasteiger partial charge in [-0.3, -0.25) is 4.79 Å². The monoisotopic (exact) mass is 315 g/mol. The first-order valence-electron chi connectivity index (χ1n) is 8.37. The minimum absolute atomic E-state index is 0.0272. The van der Waals surface area contributed by atoms with Crippen LogP contribution in [-0.4, -0.2) is 18.1 Å². The third kappa shape index (κ3) is 5.93. The quantitative estimate of drug-likeness (QED) is 0.665. The van der Waals surface area contributed by atoms with Crippen molar-refractivity contribution in [1.82, 2.24) is 5.32 Å². The fraction of sp³-hybridized carbons (Fsp3) is 0.450. The highest BCUT2D eigenvalue weighted by Gasteiger charge is 2.27. The Bertz CT molecular complexity index is 526. The first-order chi connectivity index (χ1) is 11.0. The van der Waals surface area contributed by atoms with Crippen molar-refractivity contribution < 1.29 is 9.53 Å². The van der Waals surface area contributed by atoms with E-state index < -0.39 is 0 Å². The second-order valence-corrected chi connectivity index (χ2v) is 5.68. The van der Waals surface area contributed by atoms with Crippen molar-refractivity contribution in [2.24, 2.45) is 0 Å². The lowest BCUT2D eigenvalue weighted by atomic mass is 9.96. The summed E-state index contributed by atoms with van der Waals surface area (Å²) in [6, 6.07) is -0.0272. The highest BCUT2D eigenvalue weighted by molar-refractivity contribution is 5.75. The van der Waals surface area contributed by atoms with Crippen LogP contribution in [-0.2, 0) is 9.53 Å². The average molecular weight is 315 g/mol. The van der Waals surface area contributed by atoms with Gasteiger partial charge in [0.25, 0.3) is 0 Å². The Morgan fingerprint density at radius 1 is 1.43 bits per heavy atom. The Balaban J connectivity index is 2.82. The van der Waals surface area contributed by atoms with Crippen LogP contribution in [0.25, 0.3) is 0 Å². The molecule has 0 saturated carbocycles. The molecule has 1 N–H and O–H groups in total. The summed E-state index contributed by atoms with van der Waals surface area (Å²) in [4.78, 5) is 11.6. The lowest BCUT2D eigenvalue weighted by molar-refractivity contribution is -0.122. The van der Waals surface area contributed by atoms with E-state index >= 15 is 0 Å². The predicted molar refractivity (Wildman–Crippen MR) is 96.9 cm³/mol. The number of carbonyl (C=O) groups is 1. The van der Waals surface area contributed by atoms with Gasteiger partial charge >= 0.3 is 0 Å². The zero-order chi connectivity index (χ0) is 17.2. The summed E-state index contributed by atoms with van der Waals surface area (Å²) in [5.74, 6) is 0.833. The molecule has 0 bridgehead atoms. The molecule has 0 aromatic heterocycles. The molecule has 0 aromatic rings. The molecule has 0 radical (unpaired) electrons. The van der Waals surface area contributed by atoms with Gasteiger partial charge in [0.2, 0.25) is 5.91 Å². The van der Waals surface area contributed by atoms with E-state index in [0.717, 1.165) is 36.2 Å². The Hall–Kier alpha value is -2.03. The molecule has 1 heterocycles. The minimum atomic E-state index is -0.0412. The number of ether oxygens (including phenoxy) is 1. The Morgan fingerprint density at radius 2 is 2.17 bits per heavy atom. The van der Waals surface area contributed by atoms with Crippen molar-refractivity contribution in [3.05, 3.63) is 60.4 Å². The van der Waals surface area contributed by atoms with Gasteiger partial charge < -0.3 is 10.1 Å². The van der Waals surface area contributed by atoms with Crippen LogP contribution >= 0.6 is 0 Å². The van der Waals surface area contributed by atoms with E-state index in [1.807, 2.05) is 38.2 Å². The first-order valence-corrected chi connectivity index (χ1v) is 8.37. The third-order valence-corrected chi connectivity index (χ3v) is 3.84. The molecule has 23 heavy (non-hydrogen) atoms. The van der Waals surface area contributed by atoms with Crippen LogP contribution in [0.4, 0.5) is 0 Å². The van der Waals surface area contributed by atoms with Gasteiger partial charge in [-0.05, 0) is 31.8 Å². The van der Waals surface area contributed by atoms with Crippen molar-refractivity contribution in [2.75, 3.05) is 0 Å². The highest BCUT2D eigenvalue weighted by atomic mass is 16.5. The summed E-state index contributed by atoms with van der Waals surface area (Å²) in [7, 11) is 0. The maximum absolute atomic E-state index is 11.6. The fourth-order valence-corrected chi connectivity index (χ4v) is 2.44. The number of allylic oxidation sites excluding steroid dienone is 6. The fourth-order valence-electron chi connectivity index (χ4n) is 2.44. The molecule has 0 fully saturated rings. The number of amides is 1. The Morgan fingerprint density at radius 3 is 2.78 bits per heavy atom. The van der Waals surface area contributed by atoms with Gasteiger partial charge in [0.15, 0.2) is 0 Å². The van der Waals surface area contributed by atoms with Crippen molar-refractivity contribution in [2.45, 2.75) is 58.6 Å². The summed E-state index contributed by atoms with van der Waals surface area (Å²) >= 11 is 0. The molecule has 1 amide bonds. The number of nitrogens with one attached hydrogen (secondary N) is 1. The van der Waals surface area contributed by atoms with Gasteiger partial charge in [-0.25, -0.2) is 0 Å². The summed E-state index contributed by atoms with van der Waals surface area (Å²) in [5, 5.41) is 2.98. The first kappa shape index (κ1) is 19.0. The van der Waals surface area contributed by atoms with Crippen LogP contribution in [0, 0.1) is 0 Å². The molecule has 3 heteroatoms. The number of carbonyl (C=O) groups excluding carboxylic acids is 1. The second-order valence-electron chi connectivity index (χ2n) is 5.68. The van der Waals surface area contributed by atoms with Crippen LogP contribution in [0.15, 0.2) is 60.4 Å². The third-order valence-electron chi connectivity index (χ3n) is 3.84. The number of hydrogen-bond donors (Lipinski definition) is 1. The smallest absolute Gasteiger partial charge is 0.220 e. The number of rotatable bonds is 8. The lowest BCUT2D eigenvalue weighted by Gasteiger charge is -2.32. The van der Waals surface area contributed by atoms with Crippen molar-refractivity contribution in [3.63, 3.8) is 0 Å². The molecule has 1 aliphatic rings. The standard InChI is InChI=1S/C20H29NO2/c1-6-9-10-11-12-15(4)20-17(7-2)13-14-18(23-20)16(5)21-19(22)8-3/h7,9-12,16,18H,2,4,6,8,13-14H2,1,3,5H3,(H,21,22)/b10-9-,12-11-. The van der Waals surface area contributed by atoms with E-state index in [9.17, 15) is 4.79 Å². The van der Waals surface area contributed by atoms with E-state index in [-0.39, 0.29) is 18.1 Å². The van der Waals surface area contributed by atoms with E-state index in [1.165, 1.54) is 0 Å². The minimum Gasteiger partial charge on any atom is -0.487 e. The summed E-state index contributed by atoms with van der Waals surface area (Å²) < 4.78 is 6.13. The van der Waals surface area contributed by atoms with E-state index in [2.05, 4.69) is 31.5 Å². The van der Waals surface area contributed by atoms with Gasteiger partial charge in [0, 0.05) is 12.0 Å². The highest BCUT2D eigenvalue weighted by Crippen LogP contribution is 2.30. The largest absolute Gasteiger partial charge is 0.487 e. The van der Waals surface area contributed by atoms with Gasteiger partial charge in [0.05, 0.1) is 6.04 Å².